The largest absolute Gasteiger partial charge is 0.379 e. The highest BCUT2D eigenvalue weighted by Gasteiger charge is 2.32. The number of hydrazine groups is 1. The Labute approximate surface area is 135 Å². The molecule has 9 heteroatoms. The first kappa shape index (κ1) is 17.8. The first-order chi connectivity index (χ1) is 10.9. The lowest BCUT2D eigenvalue weighted by Gasteiger charge is -2.30. The number of nitrogens with two attached hydrogens (primary N) is 1. The van der Waals surface area contributed by atoms with Crippen molar-refractivity contribution in [3.05, 3.63) is 35.9 Å². The maximum atomic E-state index is 12.5. The molecule has 2 unspecified atom stereocenters. The summed E-state index contributed by atoms with van der Waals surface area (Å²) in [5, 5.41) is 6.63. The first-order valence-corrected chi connectivity index (χ1v) is 8.73. The SMILES string of the molecule is CC(c1ccccc1)C(OS(N)(=O)=O)C(=O)NN1CCOCC1. The van der Waals surface area contributed by atoms with Gasteiger partial charge in [0, 0.05) is 19.0 Å². The van der Waals surface area contributed by atoms with Crippen molar-refractivity contribution in [3.8, 4) is 0 Å². The third kappa shape index (κ3) is 5.56. The Kier molecular flexibility index (Phi) is 6.08. The van der Waals surface area contributed by atoms with E-state index in [1.807, 2.05) is 6.07 Å². The lowest BCUT2D eigenvalue weighted by molar-refractivity contribution is -0.135. The van der Waals surface area contributed by atoms with E-state index in [0.29, 0.717) is 26.3 Å². The number of nitrogens with one attached hydrogen (secondary N) is 1. The molecule has 0 aromatic heterocycles. The van der Waals surface area contributed by atoms with Crippen LogP contribution >= 0.6 is 0 Å². The standard InChI is InChI=1S/C14H21N3O5S/c1-11(12-5-3-2-4-6-12)13(22-23(15,19)20)14(18)16-17-7-9-21-10-8-17/h2-6,11,13H,7-10H2,1H3,(H,16,18)(H2,15,19,20). The number of amides is 1. The Morgan fingerprint density at radius 2 is 1.91 bits per heavy atom. The average Bonchev–Trinajstić information content (AvgIpc) is 2.53. The van der Waals surface area contributed by atoms with Gasteiger partial charge >= 0.3 is 10.3 Å². The molecule has 1 amide bonds. The van der Waals surface area contributed by atoms with E-state index in [9.17, 15) is 13.2 Å². The van der Waals surface area contributed by atoms with Crippen LogP contribution in [0.25, 0.3) is 0 Å². The van der Waals surface area contributed by atoms with Gasteiger partial charge in [0.05, 0.1) is 13.2 Å². The summed E-state index contributed by atoms with van der Waals surface area (Å²) < 4.78 is 32.7. The van der Waals surface area contributed by atoms with Crippen LogP contribution in [0.3, 0.4) is 0 Å². The summed E-state index contributed by atoms with van der Waals surface area (Å²) in [6.07, 6.45) is -1.25. The number of rotatable bonds is 6. The fraction of sp³-hybridized carbons (Fsp3) is 0.500. The maximum absolute atomic E-state index is 12.5. The molecule has 1 heterocycles. The second-order valence-electron chi connectivity index (χ2n) is 5.28. The molecule has 128 valence electrons. The van der Waals surface area contributed by atoms with Crippen molar-refractivity contribution in [2.24, 2.45) is 5.14 Å². The predicted octanol–water partition coefficient (Wildman–Crippen LogP) is -0.258. The van der Waals surface area contributed by atoms with Gasteiger partial charge in [-0.1, -0.05) is 37.3 Å². The zero-order chi connectivity index (χ0) is 16.9. The summed E-state index contributed by atoms with van der Waals surface area (Å²) in [4.78, 5) is 12.5. The van der Waals surface area contributed by atoms with E-state index in [1.54, 1.807) is 36.2 Å². The Balaban J connectivity index is 2.14. The molecule has 1 fully saturated rings. The molecule has 23 heavy (non-hydrogen) atoms. The van der Waals surface area contributed by atoms with Gasteiger partial charge < -0.3 is 4.74 Å². The van der Waals surface area contributed by atoms with Gasteiger partial charge in [0.1, 0.15) is 0 Å². The number of nitrogens with zero attached hydrogens (tertiary/aromatic N) is 1. The number of ether oxygens (including phenoxy) is 1. The number of hydrogen-bond acceptors (Lipinski definition) is 6. The van der Waals surface area contributed by atoms with Gasteiger partial charge in [-0.15, -0.1) is 0 Å². The highest BCUT2D eigenvalue weighted by Crippen LogP contribution is 2.22. The fourth-order valence-electron chi connectivity index (χ4n) is 2.32. The van der Waals surface area contributed by atoms with Crippen molar-refractivity contribution in [1.82, 2.24) is 10.4 Å². The van der Waals surface area contributed by atoms with Crippen molar-refractivity contribution in [1.29, 1.82) is 0 Å². The summed E-state index contributed by atoms with van der Waals surface area (Å²) in [6.45, 7) is 3.75. The molecule has 2 rings (SSSR count). The molecule has 0 spiro atoms. The van der Waals surface area contributed by atoms with E-state index in [0.717, 1.165) is 5.56 Å². The second-order valence-corrected chi connectivity index (χ2v) is 6.46. The van der Waals surface area contributed by atoms with E-state index in [-0.39, 0.29) is 0 Å². The Hall–Kier alpha value is -1.52. The van der Waals surface area contributed by atoms with E-state index >= 15 is 0 Å². The van der Waals surface area contributed by atoms with Crippen molar-refractivity contribution < 1.29 is 22.1 Å². The zero-order valence-electron chi connectivity index (χ0n) is 12.8. The average molecular weight is 343 g/mol. The summed E-state index contributed by atoms with van der Waals surface area (Å²) >= 11 is 0. The minimum absolute atomic E-state index is 0.490. The number of carbonyl (C=O) groups excluding carboxylic acids is 1. The Bertz CT molecular complexity index is 617. The highest BCUT2D eigenvalue weighted by molar-refractivity contribution is 7.84. The summed E-state index contributed by atoms with van der Waals surface area (Å²) in [6, 6.07) is 9.04. The summed E-state index contributed by atoms with van der Waals surface area (Å²) in [5.41, 5.74) is 3.44. The van der Waals surface area contributed by atoms with Crippen LogP contribution in [-0.4, -0.2) is 51.7 Å². The smallest absolute Gasteiger partial charge is 0.334 e. The topological polar surface area (TPSA) is 111 Å². The maximum Gasteiger partial charge on any atom is 0.334 e. The zero-order valence-corrected chi connectivity index (χ0v) is 13.7. The summed E-state index contributed by atoms with van der Waals surface area (Å²) in [5.74, 6) is -1.05. The molecule has 1 aliphatic rings. The molecule has 0 saturated carbocycles. The van der Waals surface area contributed by atoms with Crippen LogP contribution in [0.4, 0.5) is 0 Å². The van der Waals surface area contributed by atoms with Gasteiger partial charge in [-0.3, -0.25) is 10.2 Å². The number of carbonyl (C=O) groups is 1. The normalized spacial score (nSPS) is 19.0. The lowest BCUT2D eigenvalue weighted by Crippen LogP contribution is -2.53. The monoisotopic (exact) mass is 343 g/mol. The van der Waals surface area contributed by atoms with Crippen molar-refractivity contribution in [2.75, 3.05) is 26.3 Å². The molecule has 1 aliphatic heterocycles. The van der Waals surface area contributed by atoms with Gasteiger partial charge in [-0.2, -0.15) is 8.42 Å². The Morgan fingerprint density at radius 1 is 1.30 bits per heavy atom. The van der Waals surface area contributed by atoms with Gasteiger partial charge in [0.15, 0.2) is 6.10 Å². The molecule has 0 radical (unpaired) electrons. The quantitative estimate of drug-likeness (QED) is 0.736. The van der Waals surface area contributed by atoms with Crippen LogP contribution in [0.5, 0.6) is 0 Å². The molecule has 3 N–H and O–H groups in total. The van der Waals surface area contributed by atoms with E-state index in [4.69, 9.17) is 14.1 Å². The van der Waals surface area contributed by atoms with Gasteiger partial charge in [-0.05, 0) is 5.56 Å². The molecule has 8 nitrogen and oxygen atoms in total. The van der Waals surface area contributed by atoms with Crippen molar-refractivity contribution in [2.45, 2.75) is 18.9 Å². The predicted molar refractivity (Wildman–Crippen MR) is 83.4 cm³/mol. The minimum atomic E-state index is -4.27. The first-order valence-electron chi connectivity index (χ1n) is 7.26. The number of benzene rings is 1. The van der Waals surface area contributed by atoms with E-state index < -0.39 is 28.2 Å². The Morgan fingerprint density at radius 3 is 2.48 bits per heavy atom. The van der Waals surface area contributed by atoms with E-state index in [2.05, 4.69) is 5.43 Å². The third-order valence-electron chi connectivity index (χ3n) is 3.56. The molecule has 0 aliphatic carbocycles. The molecular weight excluding hydrogens is 322 g/mol. The van der Waals surface area contributed by atoms with Crippen LogP contribution < -0.4 is 10.6 Å². The number of hydrogen-bond donors (Lipinski definition) is 2. The van der Waals surface area contributed by atoms with Gasteiger partial charge in [0.25, 0.3) is 5.91 Å². The summed E-state index contributed by atoms with van der Waals surface area (Å²) in [7, 11) is -4.27. The van der Waals surface area contributed by atoms with Gasteiger partial charge in [0.2, 0.25) is 0 Å². The highest BCUT2D eigenvalue weighted by atomic mass is 32.2. The van der Waals surface area contributed by atoms with E-state index in [1.165, 1.54) is 0 Å². The van der Waals surface area contributed by atoms with Crippen LogP contribution in [0, 0.1) is 0 Å². The molecule has 2 atom stereocenters. The van der Waals surface area contributed by atoms with Crippen LogP contribution in [0.1, 0.15) is 18.4 Å². The molecule has 1 aromatic rings. The van der Waals surface area contributed by atoms with Crippen LogP contribution in [-0.2, 0) is 24.0 Å². The third-order valence-corrected chi connectivity index (χ3v) is 4.03. The number of morpholine rings is 1. The molecular formula is C14H21N3O5S. The lowest BCUT2D eigenvalue weighted by atomic mass is 9.95. The minimum Gasteiger partial charge on any atom is -0.379 e. The second kappa shape index (κ2) is 7.84. The molecule has 1 saturated heterocycles. The van der Waals surface area contributed by atoms with Crippen LogP contribution in [0.15, 0.2) is 30.3 Å². The molecule has 0 bridgehead atoms. The van der Waals surface area contributed by atoms with Crippen molar-refractivity contribution in [3.63, 3.8) is 0 Å². The fourth-order valence-corrected chi connectivity index (χ4v) is 2.87. The van der Waals surface area contributed by atoms with Crippen LogP contribution in [0.2, 0.25) is 0 Å². The van der Waals surface area contributed by atoms with Gasteiger partial charge in [-0.25, -0.2) is 14.3 Å². The van der Waals surface area contributed by atoms with Crippen molar-refractivity contribution >= 4 is 16.2 Å². The molecule has 1 aromatic carbocycles.